The third-order valence-electron chi connectivity index (χ3n) is 5.93. The molecule has 1 atom stereocenters. The summed E-state index contributed by atoms with van der Waals surface area (Å²) in [5, 5.41) is 11.6. The minimum Gasteiger partial charge on any atom is -0.353 e. The van der Waals surface area contributed by atoms with Crippen LogP contribution < -0.4 is 5.32 Å². The summed E-state index contributed by atoms with van der Waals surface area (Å²) in [6.45, 7) is 0.881. The normalized spacial score (nSPS) is 22.6. The van der Waals surface area contributed by atoms with E-state index in [1.54, 1.807) is 6.33 Å². The van der Waals surface area contributed by atoms with Crippen molar-refractivity contribution in [3.63, 3.8) is 0 Å². The van der Waals surface area contributed by atoms with Crippen LogP contribution in [0.5, 0.6) is 0 Å². The lowest BCUT2D eigenvalue weighted by molar-refractivity contribution is -0.128. The smallest absolute Gasteiger partial charge is 0.230 e. The molecule has 5 nitrogen and oxygen atoms in total. The minimum atomic E-state index is -0.346. The molecule has 1 aromatic carbocycles. The Morgan fingerprint density at radius 1 is 1.12 bits per heavy atom. The van der Waals surface area contributed by atoms with Gasteiger partial charge in [0.2, 0.25) is 5.91 Å². The van der Waals surface area contributed by atoms with E-state index in [9.17, 15) is 4.79 Å². The fraction of sp³-hybridized carbons (Fsp3) is 0.550. The lowest BCUT2D eigenvalue weighted by atomic mass is 9.68. The number of carbonyl (C=O) groups is 1. The number of benzene rings is 1. The topological polar surface area (TPSA) is 59.8 Å². The van der Waals surface area contributed by atoms with Crippen molar-refractivity contribution in [2.75, 3.05) is 0 Å². The lowest BCUT2D eigenvalue weighted by Gasteiger charge is -2.37. The second-order valence-corrected chi connectivity index (χ2v) is 7.45. The highest BCUT2D eigenvalue weighted by atomic mass is 16.2. The number of carbonyl (C=O) groups excluding carboxylic acids is 1. The molecule has 132 valence electrons. The maximum Gasteiger partial charge on any atom is 0.230 e. The van der Waals surface area contributed by atoms with Gasteiger partial charge in [-0.05, 0) is 31.2 Å². The Hall–Kier alpha value is -2.17. The molecule has 1 saturated carbocycles. The minimum absolute atomic E-state index is 0.219. The molecule has 2 aliphatic rings. The molecule has 4 rings (SSSR count). The number of nitrogens with zero attached hydrogens (tertiary/aromatic N) is 3. The van der Waals surface area contributed by atoms with Crippen LogP contribution in [0.15, 0.2) is 36.7 Å². The van der Waals surface area contributed by atoms with E-state index in [4.69, 9.17) is 0 Å². The average molecular weight is 338 g/mol. The fourth-order valence-electron chi connectivity index (χ4n) is 4.43. The Balaban J connectivity index is 1.50. The first kappa shape index (κ1) is 16.3. The van der Waals surface area contributed by atoms with Crippen LogP contribution >= 0.6 is 0 Å². The number of nitrogens with one attached hydrogen (secondary N) is 1. The quantitative estimate of drug-likeness (QED) is 0.936. The summed E-state index contributed by atoms with van der Waals surface area (Å²) >= 11 is 0. The fourth-order valence-corrected chi connectivity index (χ4v) is 4.43. The molecule has 0 bridgehead atoms. The average Bonchev–Trinajstić information content (AvgIpc) is 3.04. The first-order chi connectivity index (χ1) is 12.3. The maximum absolute atomic E-state index is 13.4. The van der Waals surface area contributed by atoms with Crippen LogP contribution in [-0.4, -0.2) is 26.7 Å². The largest absolute Gasteiger partial charge is 0.353 e. The van der Waals surface area contributed by atoms with E-state index in [1.165, 1.54) is 12.0 Å². The highest BCUT2D eigenvalue weighted by molar-refractivity contribution is 5.88. The van der Waals surface area contributed by atoms with E-state index < -0.39 is 0 Å². The first-order valence-electron chi connectivity index (χ1n) is 9.51. The molecule has 1 fully saturated rings. The third-order valence-corrected chi connectivity index (χ3v) is 5.93. The van der Waals surface area contributed by atoms with Crippen molar-refractivity contribution in [1.82, 2.24) is 20.1 Å². The van der Waals surface area contributed by atoms with Crippen LogP contribution in [0.3, 0.4) is 0 Å². The second-order valence-electron chi connectivity index (χ2n) is 7.45. The van der Waals surface area contributed by atoms with Crippen molar-refractivity contribution in [1.29, 1.82) is 0 Å². The summed E-state index contributed by atoms with van der Waals surface area (Å²) in [6.07, 6.45) is 9.98. The molecule has 25 heavy (non-hydrogen) atoms. The van der Waals surface area contributed by atoms with Crippen molar-refractivity contribution in [3.05, 3.63) is 48.0 Å². The van der Waals surface area contributed by atoms with E-state index in [1.807, 2.05) is 6.07 Å². The van der Waals surface area contributed by atoms with Gasteiger partial charge in [0, 0.05) is 19.0 Å². The summed E-state index contributed by atoms with van der Waals surface area (Å²) in [7, 11) is 0. The highest BCUT2D eigenvalue weighted by Gasteiger charge is 2.41. The molecular weight excluding hydrogens is 312 g/mol. The monoisotopic (exact) mass is 338 g/mol. The summed E-state index contributed by atoms with van der Waals surface area (Å²) < 4.78 is 2.11. The first-order valence-corrected chi connectivity index (χ1v) is 9.51. The van der Waals surface area contributed by atoms with Gasteiger partial charge in [-0.3, -0.25) is 4.79 Å². The summed E-state index contributed by atoms with van der Waals surface area (Å²) in [4.78, 5) is 13.4. The van der Waals surface area contributed by atoms with Crippen LogP contribution in [0, 0.1) is 0 Å². The molecule has 0 radical (unpaired) electrons. The van der Waals surface area contributed by atoms with Crippen molar-refractivity contribution in [2.45, 2.75) is 69.4 Å². The van der Waals surface area contributed by atoms with Crippen LogP contribution in [-0.2, 0) is 23.2 Å². The van der Waals surface area contributed by atoms with Gasteiger partial charge in [-0.25, -0.2) is 0 Å². The molecule has 1 aliphatic heterocycles. The Labute approximate surface area is 148 Å². The molecule has 2 heterocycles. The van der Waals surface area contributed by atoms with Crippen LogP contribution in [0.4, 0.5) is 0 Å². The van der Waals surface area contributed by atoms with Gasteiger partial charge >= 0.3 is 0 Å². The summed E-state index contributed by atoms with van der Waals surface area (Å²) in [5.41, 5.74) is 0.832. The number of hydrogen-bond acceptors (Lipinski definition) is 3. The SMILES string of the molecule is O=C(NC1CCc2nncn2CC1)C1(c2ccccc2)CCCCC1. The zero-order chi connectivity index (χ0) is 17.1. The molecule has 0 spiro atoms. The third kappa shape index (κ3) is 3.20. The highest BCUT2D eigenvalue weighted by Crippen LogP contribution is 2.40. The molecule has 1 amide bonds. The second kappa shape index (κ2) is 6.98. The molecule has 1 unspecified atom stereocenters. The van der Waals surface area contributed by atoms with Crippen molar-refractivity contribution in [3.8, 4) is 0 Å². The molecule has 1 aliphatic carbocycles. The van der Waals surface area contributed by atoms with Crippen molar-refractivity contribution >= 4 is 5.91 Å². The van der Waals surface area contributed by atoms with Gasteiger partial charge in [0.05, 0.1) is 5.41 Å². The predicted octanol–water partition coefficient (Wildman–Crippen LogP) is 3.00. The molecule has 1 aromatic heterocycles. The zero-order valence-electron chi connectivity index (χ0n) is 14.7. The van der Waals surface area contributed by atoms with Gasteiger partial charge in [0.25, 0.3) is 0 Å². The maximum atomic E-state index is 13.4. The van der Waals surface area contributed by atoms with Gasteiger partial charge in [-0.15, -0.1) is 10.2 Å². The van der Waals surface area contributed by atoms with Gasteiger partial charge in [-0.1, -0.05) is 49.6 Å². The van der Waals surface area contributed by atoms with Gasteiger partial charge in [0.1, 0.15) is 12.2 Å². The van der Waals surface area contributed by atoms with Crippen LogP contribution in [0.1, 0.15) is 56.3 Å². The predicted molar refractivity (Wildman–Crippen MR) is 96.1 cm³/mol. The van der Waals surface area contributed by atoms with E-state index in [-0.39, 0.29) is 17.4 Å². The van der Waals surface area contributed by atoms with Crippen molar-refractivity contribution in [2.24, 2.45) is 0 Å². The number of aryl methyl sites for hydroxylation is 2. The van der Waals surface area contributed by atoms with E-state index in [0.717, 1.165) is 57.3 Å². The van der Waals surface area contributed by atoms with Crippen LogP contribution in [0.2, 0.25) is 0 Å². The number of amides is 1. The number of aromatic nitrogens is 3. The van der Waals surface area contributed by atoms with Crippen molar-refractivity contribution < 1.29 is 4.79 Å². The Bertz CT molecular complexity index is 696. The number of rotatable bonds is 3. The Kier molecular flexibility index (Phi) is 4.55. The number of hydrogen-bond donors (Lipinski definition) is 1. The van der Waals surface area contributed by atoms with Gasteiger partial charge < -0.3 is 9.88 Å². The molecule has 0 saturated heterocycles. The Morgan fingerprint density at radius 2 is 1.92 bits per heavy atom. The molecular formula is C20H26N4O. The van der Waals surface area contributed by atoms with E-state index in [2.05, 4.69) is 44.3 Å². The number of fused-ring (bicyclic) bond motifs is 1. The zero-order valence-corrected chi connectivity index (χ0v) is 14.7. The Morgan fingerprint density at radius 3 is 2.72 bits per heavy atom. The molecule has 5 heteroatoms. The lowest BCUT2D eigenvalue weighted by Crippen LogP contribution is -2.49. The molecule has 1 N–H and O–H groups in total. The van der Waals surface area contributed by atoms with E-state index >= 15 is 0 Å². The van der Waals surface area contributed by atoms with Gasteiger partial charge in [0.15, 0.2) is 0 Å². The standard InChI is InChI=1S/C20H26N4O/c25-19(22-17-9-10-18-23-21-15-24(18)14-11-17)20(12-5-2-6-13-20)16-7-3-1-4-8-16/h1,3-4,7-8,15,17H,2,5-6,9-14H2,(H,22,25). The van der Waals surface area contributed by atoms with Crippen LogP contribution in [0.25, 0.3) is 0 Å². The molecule has 2 aromatic rings. The van der Waals surface area contributed by atoms with Gasteiger partial charge in [-0.2, -0.15) is 0 Å². The van der Waals surface area contributed by atoms with E-state index in [0.29, 0.717) is 0 Å². The summed E-state index contributed by atoms with van der Waals surface area (Å²) in [6, 6.07) is 10.6. The summed E-state index contributed by atoms with van der Waals surface area (Å²) in [5.74, 6) is 1.26.